The molecule has 94 valence electrons. The second-order valence-corrected chi connectivity index (χ2v) is 4.61. The Kier molecular flexibility index (Phi) is 3.52. The first-order valence-electron chi connectivity index (χ1n) is 5.23. The van der Waals surface area contributed by atoms with Crippen molar-refractivity contribution in [3.05, 3.63) is 0 Å². The summed E-state index contributed by atoms with van der Waals surface area (Å²) >= 11 is 0. The van der Waals surface area contributed by atoms with E-state index >= 15 is 0 Å². The van der Waals surface area contributed by atoms with Crippen LogP contribution in [0.4, 0.5) is 13.2 Å². The van der Waals surface area contributed by atoms with E-state index in [0.717, 1.165) is 0 Å². The van der Waals surface area contributed by atoms with Gasteiger partial charge in [0.25, 0.3) is 0 Å². The van der Waals surface area contributed by atoms with Crippen LogP contribution in [0, 0.1) is 5.92 Å². The van der Waals surface area contributed by atoms with Crippen LogP contribution in [-0.2, 0) is 4.79 Å². The number of amides is 1. The normalized spacial score (nSPS) is 24.9. The van der Waals surface area contributed by atoms with Crippen LogP contribution in [-0.4, -0.2) is 42.7 Å². The fraction of sp³-hybridized carbons (Fsp3) is 0.900. The Hall–Kier alpha value is -0.780. The third-order valence-corrected chi connectivity index (χ3v) is 3.21. The molecule has 1 rings (SSSR count). The van der Waals surface area contributed by atoms with E-state index < -0.39 is 17.6 Å². The Labute approximate surface area is 93.0 Å². The molecule has 0 aliphatic carbocycles. The number of nitrogens with one attached hydrogen (secondary N) is 1. The summed E-state index contributed by atoms with van der Waals surface area (Å²) in [5.41, 5.74) is -1.15. The standard InChI is InChI=1S/C10H17F3N2O/c1-9(2)7(10(11,12)13)4-5-15(9)8(16)6-14-3/h7,14H,4-6H2,1-3H3. The van der Waals surface area contributed by atoms with Crippen molar-refractivity contribution >= 4 is 5.91 Å². The van der Waals surface area contributed by atoms with E-state index in [9.17, 15) is 18.0 Å². The van der Waals surface area contributed by atoms with Crippen LogP contribution in [0.2, 0.25) is 0 Å². The largest absolute Gasteiger partial charge is 0.394 e. The lowest BCUT2D eigenvalue weighted by Gasteiger charge is -2.36. The molecule has 1 unspecified atom stereocenters. The predicted octanol–water partition coefficient (Wildman–Crippen LogP) is 1.40. The Morgan fingerprint density at radius 2 is 2.06 bits per heavy atom. The van der Waals surface area contributed by atoms with E-state index in [4.69, 9.17) is 0 Å². The van der Waals surface area contributed by atoms with Gasteiger partial charge >= 0.3 is 6.18 Å². The Morgan fingerprint density at radius 3 is 2.44 bits per heavy atom. The van der Waals surface area contributed by atoms with Crippen molar-refractivity contribution in [2.45, 2.75) is 32.0 Å². The maximum Gasteiger partial charge on any atom is 0.394 e. The number of likely N-dealkylation sites (N-methyl/N-ethyl adjacent to an activating group) is 1. The molecule has 0 aromatic carbocycles. The van der Waals surface area contributed by atoms with E-state index in [1.165, 1.54) is 18.7 Å². The Bertz CT molecular complexity index is 276. The lowest BCUT2D eigenvalue weighted by atomic mass is 9.88. The first kappa shape index (κ1) is 13.3. The molecule has 1 atom stereocenters. The molecule has 16 heavy (non-hydrogen) atoms. The minimum absolute atomic E-state index is 0.00798. The number of carbonyl (C=O) groups excluding carboxylic acids is 1. The monoisotopic (exact) mass is 238 g/mol. The van der Waals surface area contributed by atoms with Gasteiger partial charge in [-0.3, -0.25) is 4.79 Å². The highest BCUT2D eigenvalue weighted by atomic mass is 19.4. The second kappa shape index (κ2) is 4.24. The fourth-order valence-corrected chi connectivity index (χ4v) is 2.34. The molecule has 0 saturated carbocycles. The van der Waals surface area contributed by atoms with E-state index in [0.29, 0.717) is 0 Å². The van der Waals surface area contributed by atoms with E-state index in [1.807, 2.05) is 0 Å². The van der Waals surface area contributed by atoms with Gasteiger partial charge in [-0.2, -0.15) is 13.2 Å². The number of hydrogen-bond donors (Lipinski definition) is 1. The minimum atomic E-state index is -4.24. The van der Waals surface area contributed by atoms with Crippen molar-refractivity contribution in [2.24, 2.45) is 5.92 Å². The van der Waals surface area contributed by atoms with Gasteiger partial charge in [0.15, 0.2) is 0 Å². The molecule has 1 aliphatic heterocycles. The quantitative estimate of drug-likeness (QED) is 0.788. The fourth-order valence-electron chi connectivity index (χ4n) is 2.34. The molecular formula is C10H17F3N2O. The predicted molar refractivity (Wildman–Crippen MR) is 53.9 cm³/mol. The van der Waals surface area contributed by atoms with E-state index in [-0.39, 0.29) is 25.4 Å². The third-order valence-electron chi connectivity index (χ3n) is 3.21. The smallest absolute Gasteiger partial charge is 0.336 e. The number of alkyl halides is 3. The van der Waals surface area contributed by atoms with Gasteiger partial charge in [-0.25, -0.2) is 0 Å². The third kappa shape index (κ3) is 2.31. The number of likely N-dealkylation sites (tertiary alicyclic amines) is 1. The van der Waals surface area contributed by atoms with Crippen LogP contribution in [0.25, 0.3) is 0 Å². The summed E-state index contributed by atoms with van der Waals surface area (Å²) in [6.07, 6.45) is -4.25. The van der Waals surface area contributed by atoms with Crippen molar-refractivity contribution < 1.29 is 18.0 Å². The minimum Gasteiger partial charge on any atom is -0.336 e. The van der Waals surface area contributed by atoms with Gasteiger partial charge in [0.1, 0.15) is 0 Å². The molecule has 1 fully saturated rings. The van der Waals surface area contributed by atoms with Gasteiger partial charge in [-0.15, -0.1) is 0 Å². The lowest BCUT2D eigenvalue weighted by molar-refractivity contribution is -0.192. The maximum atomic E-state index is 12.7. The van der Waals surface area contributed by atoms with E-state index in [2.05, 4.69) is 5.32 Å². The summed E-state index contributed by atoms with van der Waals surface area (Å²) < 4.78 is 38.2. The van der Waals surface area contributed by atoms with Gasteiger partial charge < -0.3 is 10.2 Å². The summed E-state index contributed by atoms with van der Waals surface area (Å²) in [5, 5.41) is 2.66. The summed E-state index contributed by atoms with van der Waals surface area (Å²) in [5.74, 6) is -1.71. The van der Waals surface area contributed by atoms with Crippen LogP contribution < -0.4 is 5.32 Å². The van der Waals surface area contributed by atoms with E-state index in [1.54, 1.807) is 7.05 Å². The van der Waals surface area contributed by atoms with Gasteiger partial charge in [0, 0.05) is 12.1 Å². The van der Waals surface area contributed by atoms with Gasteiger partial charge in [-0.1, -0.05) is 0 Å². The molecule has 0 aromatic rings. The molecular weight excluding hydrogens is 221 g/mol. The van der Waals surface area contributed by atoms with Crippen LogP contribution in [0.15, 0.2) is 0 Å². The van der Waals surface area contributed by atoms with Gasteiger partial charge in [0.05, 0.1) is 12.5 Å². The number of halogens is 3. The summed E-state index contributed by atoms with van der Waals surface area (Å²) in [6, 6.07) is 0. The van der Waals surface area contributed by atoms with Crippen LogP contribution in [0.3, 0.4) is 0 Å². The maximum absolute atomic E-state index is 12.7. The average Bonchev–Trinajstić information content (AvgIpc) is 2.40. The zero-order valence-electron chi connectivity index (χ0n) is 9.69. The topological polar surface area (TPSA) is 32.3 Å². The van der Waals surface area contributed by atoms with Crippen molar-refractivity contribution in [2.75, 3.05) is 20.1 Å². The van der Waals surface area contributed by atoms with Crippen LogP contribution in [0.5, 0.6) is 0 Å². The molecule has 0 bridgehead atoms. The molecule has 6 heteroatoms. The highest BCUT2D eigenvalue weighted by molar-refractivity contribution is 5.79. The van der Waals surface area contributed by atoms with Crippen LogP contribution in [0.1, 0.15) is 20.3 Å². The average molecular weight is 238 g/mol. The summed E-state index contributed by atoms with van der Waals surface area (Å²) in [7, 11) is 1.60. The molecule has 1 N–H and O–H groups in total. The molecule has 1 heterocycles. The number of carbonyl (C=O) groups is 1. The Morgan fingerprint density at radius 1 is 1.50 bits per heavy atom. The van der Waals surface area contributed by atoms with Crippen molar-refractivity contribution in [1.29, 1.82) is 0 Å². The number of rotatable bonds is 2. The zero-order chi connectivity index (χ0) is 12.6. The SMILES string of the molecule is CNCC(=O)N1CCC(C(F)(F)F)C1(C)C. The molecule has 1 amide bonds. The molecule has 0 spiro atoms. The first-order chi connectivity index (χ1) is 7.21. The zero-order valence-corrected chi connectivity index (χ0v) is 9.69. The van der Waals surface area contributed by atoms with Crippen molar-refractivity contribution in [3.63, 3.8) is 0 Å². The molecule has 3 nitrogen and oxygen atoms in total. The highest BCUT2D eigenvalue weighted by Crippen LogP contribution is 2.44. The molecule has 1 saturated heterocycles. The van der Waals surface area contributed by atoms with Gasteiger partial charge in [0.2, 0.25) is 5.91 Å². The highest BCUT2D eigenvalue weighted by Gasteiger charge is 2.55. The molecule has 0 radical (unpaired) electrons. The number of nitrogens with zero attached hydrogens (tertiary/aromatic N) is 1. The van der Waals surface area contributed by atoms with Crippen LogP contribution >= 0.6 is 0 Å². The number of hydrogen-bond acceptors (Lipinski definition) is 2. The summed E-state index contributed by atoms with van der Waals surface area (Å²) in [6.45, 7) is 3.21. The summed E-state index contributed by atoms with van der Waals surface area (Å²) in [4.78, 5) is 13.0. The van der Waals surface area contributed by atoms with Gasteiger partial charge in [-0.05, 0) is 27.3 Å². The molecule has 1 aliphatic rings. The first-order valence-corrected chi connectivity index (χ1v) is 5.23. The van der Waals surface area contributed by atoms with Crippen molar-refractivity contribution in [3.8, 4) is 0 Å². The molecule has 0 aromatic heterocycles. The lowest BCUT2D eigenvalue weighted by Crippen LogP contribution is -2.51. The van der Waals surface area contributed by atoms with Crippen molar-refractivity contribution in [1.82, 2.24) is 10.2 Å². The Balaban J connectivity index is 2.83. The second-order valence-electron chi connectivity index (χ2n) is 4.61.